The van der Waals surface area contributed by atoms with Crippen LogP contribution in [0.5, 0.6) is 0 Å². The van der Waals surface area contributed by atoms with E-state index in [0.29, 0.717) is 41.7 Å². The Morgan fingerprint density at radius 1 is 1.30 bits per heavy atom. The van der Waals surface area contributed by atoms with Crippen LogP contribution in [-0.2, 0) is 6.42 Å². The largest absolute Gasteiger partial charge is 0.310 e. The molecule has 1 aliphatic rings. The number of alkyl halides is 2. The maximum absolute atomic E-state index is 13.4. The number of hydrogen-bond acceptors (Lipinski definition) is 4. The van der Waals surface area contributed by atoms with Gasteiger partial charge in [0.1, 0.15) is 11.2 Å². The van der Waals surface area contributed by atoms with Crippen LogP contribution in [0.2, 0.25) is 0 Å². The second-order valence-corrected chi connectivity index (χ2v) is 6.87. The van der Waals surface area contributed by atoms with Gasteiger partial charge in [-0.15, -0.1) is 0 Å². The van der Waals surface area contributed by atoms with Crippen molar-refractivity contribution in [1.29, 1.82) is 5.26 Å². The minimum Gasteiger partial charge on any atom is -0.310 e. The van der Waals surface area contributed by atoms with E-state index in [1.165, 1.54) is 6.20 Å². The van der Waals surface area contributed by atoms with E-state index < -0.39 is 5.92 Å². The summed E-state index contributed by atoms with van der Waals surface area (Å²) in [4.78, 5) is 19.7. The zero-order valence-corrected chi connectivity index (χ0v) is 14.5. The van der Waals surface area contributed by atoms with Crippen molar-refractivity contribution >= 4 is 11.0 Å². The van der Waals surface area contributed by atoms with Crippen molar-refractivity contribution in [3.63, 3.8) is 0 Å². The van der Waals surface area contributed by atoms with Crippen molar-refractivity contribution in [2.75, 3.05) is 0 Å². The second-order valence-electron chi connectivity index (χ2n) is 6.87. The smallest absolute Gasteiger partial charge is 0.262 e. The molecule has 1 aromatic carbocycles. The minimum absolute atomic E-state index is 0.190. The Morgan fingerprint density at radius 2 is 2.04 bits per heavy atom. The van der Waals surface area contributed by atoms with E-state index in [-0.39, 0.29) is 24.4 Å². The summed E-state index contributed by atoms with van der Waals surface area (Å²) < 4.78 is 28.5. The third-order valence-electron chi connectivity index (χ3n) is 5.04. The summed E-state index contributed by atoms with van der Waals surface area (Å²) in [7, 11) is 0. The maximum atomic E-state index is 13.4. The number of aromatic amines is 1. The summed E-state index contributed by atoms with van der Waals surface area (Å²) in [5, 5.41) is 13.8. The van der Waals surface area contributed by atoms with Crippen LogP contribution in [0.4, 0.5) is 8.78 Å². The fourth-order valence-electron chi connectivity index (χ4n) is 3.57. The molecule has 2 aromatic heterocycles. The van der Waals surface area contributed by atoms with Crippen LogP contribution in [0.1, 0.15) is 48.7 Å². The van der Waals surface area contributed by atoms with Gasteiger partial charge in [-0.25, -0.2) is 18.4 Å². The fourth-order valence-corrected chi connectivity index (χ4v) is 3.57. The number of hydrogen-bond donors (Lipinski definition) is 1. The van der Waals surface area contributed by atoms with E-state index >= 15 is 0 Å². The SMILES string of the molecule is N#Cc1ccccc1Cc1nc2c(cnn2C2CCC(F)(F)CC2)c(=O)[nH]1. The van der Waals surface area contributed by atoms with Crippen molar-refractivity contribution in [2.45, 2.75) is 44.1 Å². The summed E-state index contributed by atoms with van der Waals surface area (Å²) in [5.74, 6) is -2.21. The van der Waals surface area contributed by atoms with Crippen molar-refractivity contribution < 1.29 is 8.78 Å². The first-order valence-electron chi connectivity index (χ1n) is 8.79. The van der Waals surface area contributed by atoms with Crippen LogP contribution in [0.15, 0.2) is 35.3 Å². The van der Waals surface area contributed by atoms with Crippen LogP contribution < -0.4 is 5.56 Å². The molecule has 0 aliphatic heterocycles. The van der Waals surface area contributed by atoms with Gasteiger partial charge in [0, 0.05) is 19.3 Å². The molecule has 27 heavy (non-hydrogen) atoms. The molecule has 138 valence electrons. The molecular formula is C19H17F2N5O. The number of halogens is 2. The second kappa shape index (κ2) is 6.58. The first-order valence-corrected chi connectivity index (χ1v) is 8.79. The van der Waals surface area contributed by atoms with E-state index in [4.69, 9.17) is 0 Å². The number of H-pyrrole nitrogens is 1. The number of rotatable bonds is 3. The molecule has 0 atom stereocenters. The Hall–Kier alpha value is -3.08. The molecule has 2 heterocycles. The Balaban J connectivity index is 1.70. The highest BCUT2D eigenvalue weighted by molar-refractivity contribution is 5.73. The molecule has 1 fully saturated rings. The van der Waals surface area contributed by atoms with E-state index in [0.717, 1.165) is 5.56 Å². The van der Waals surface area contributed by atoms with Crippen LogP contribution in [0.25, 0.3) is 11.0 Å². The number of aromatic nitrogens is 4. The van der Waals surface area contributed by atoms with Gasteiger partial charge in [-0.2, -0.15) is 10.4 Å². The summed E-state index contributed by atoms with van der Waals surface area (Å²) in [6.45, 7) is 0. The van der Waals surface area contributed by atoms with Crippen LogP contribution in [0.3, 0.4) is 0 Å². The molecule has 0 unspecified atom stereocenters. The number of fused-ring (bicyclic) bond motifs is 1. The third kappa shape index (κ3) is 3.33. The van der Waals surface area contributed by atoms with Gasteiger partial charge in [0.05, 0.1) is 23.9 Å². The molecule has 1 N–H and O–H groups in total. The molecule has 4 rings (SSSR count). The zero-order valence-electron chi connectivity index (χ0n) is 14.5. The molecule has 0 saturated heterocycles. The number of benzene rings is 1. The Bertz CT molecular complexity index is 1090. The monoisotopic (exact) mass is 369 g/mol. The summed E-state index contributed by atoms with van der Waals surface area (Å²) in [6, 6.07) is 9.03. The van der Waals surface area contributed by atoms with Crippen molar-refractivity contribution in [1.82, 2.24) is 19.7 Å². The highest BCUT2D eigenvalue weighted by Crippen LogP contribution is 2.38. The number of nitriles is 1. The third-order valence-corrected chi connectivity index (χ3v) is 5.04. The zero-order chi connectivity index (χ0) is 19.0. The highest BCUT2D eigenvalue weighted by atomic mass is 19.3. The van der Waals surface area contributed by atoms with Gasteiger partial charge >= 0.3 is 0 Å². The van der Waals surface area contributed by atoms with Gasteiger partial charge in [-0.3, -0.25) is 4.79 Å². The van der Waals surface area contributed by atoms with Crippen LogP contribution in [-0.4, -0.2) is 25.7 Å². The average Bonchev–Trinajstić information content (AvgIpc) is 3.07. The van der Waals surface area contributed by atoms with Gasteiger partial charge in [0.2, 0.25) is 5.92 Å². The Labute approximate surface area is 153 Å². The first-order chi connectivity index (χ1) is 13.0. The predicted octanol–water partition coefficient (Wildman–Crippen LogP) is 3.33. The summed E-state index contributed by atoms with van der Waals surface area (Å²) in [5.41, 5.74) is 1.35. The molecule has 3 aromatic rings. The van der Waals surface area contributed by atoms with Crippen molar-refractivity contribution in [3.05, 3.63) is 57.8 Å². The number of nitrogens with zero attached hydrogens (tertiary/aromatic N) is 4. The lowest BCUT2D eigenvalue weighted by Gasteiger charge is -2.28. The molecule has 0 spiro atoms. The quantitative estimate of drug-likeness (QED) is 0.767. The highest BCUT2D eigenvalue weighted by Gasteiger charge is 2.36. The lowest BCUT2D eigenvalue weighted by molar-refractivity contribution is -0.0446. The number of nitrogens with one attached hydrogen (secondary N) is 1. The lowest BCUT2D eigenvalue weighted by atomic mass is 9.92. The van der Waals surface area contributed by atoms with Gasteiger partial charge in [-0.05, 0) is 24.5 Å². The Morgan fingerprint density at radius 3 is 2.78 bits per heavy atom. The molecule has 1 aliphatic carbocycles. The maximum Gasteiger partial charge on any atom is 0.262 e. The van der Waals surface area contributed by atoms with E-state index in [2.05, 4.69) is 21.1 Å². The molecule has 0 amide bonds. The van der Waals surface area contributed by atoms with Gasteiger partial charge in [0.15, 0.2) is 5.65 Å². The van der Waals surface area contributed by atoms with Gasteiger partial charge < -0.3 is 4.98 Å². The lowest BCUT2D eigenvalue weighted by Crippen LogP contribution is -2.27. The van der Waals surface area contributed by atoms with E-state index in [1.54, 1.807) is 16.8 Å². The van der Waals surface area contributed by atoms with Crippen molar-refractivity contribution in [3.8, 4) is 6.07 Å². The molecule has 6 nitrogen and oxygen atoms in total. The van der Waals surface area contributed by atoms with Crippen LogP contribution in [0, 0.1) is 11.3 Å². The van der Waals surface area contributed by atoms with Gasteiger partial charge in [-0.1, -0.05) is 18.2 Å². The molecule has 8 heteroatoms. The topological polar surface area (TPSA) is 87.4 Å². The molecule has 0 radical (unpaired) electrons. The summed E-state index contributed by atoms with van der Waals surface area (Å²) >= 11 is 0. The summed E-state index contributed by atoms with van der Waals surface area (Å²) in [6.07, 6.45) is 1.94. The standard InChI is InChI=1S/C19H17F2N5O/c20-19(21)7-5-14(6-8-19)26-17-15(11-23-26)18(27)25-16(24-17)9-12-3-1-2-4-13(12)10-22/h1-4,11,14H,5-9H2,(H,24,25,27). The van der Waals surface area contributed by atoms with Gasteiger partial charge in [0.25, 0.3) is 5.56 Å². The predicted molar refractivity (Wildman–Crippen MR) is 94.6 cm³/mol. The van der Waals surface area contributed by atoms with E-state index in [9.17, 15) is 18.8 Å². The first kappa shape index (κ1) is 17.3. The molecular weight excluding hydrogens is 352 g/mol. The molecule has 1 saturated carbocycles. The average molecular weight is 369 g/mol. The fraction of sp³-hybridized carbons (Fsp3) is 0.368. The molecule has 0 bridgehead atoms. The van der Waals surface area contributed by atoms with E-state index in [1.807, 2.05) is 12.1 Å². The minimum atomic E-state index is -2.63. The normalized spacial score (nSPS) is 17.1. The van der Waals surface area contributed by atoms with Crippen molar-refractivity contribution in [2.24, 2.45) is 0 Å². The Kier molecular flexibility index (Phi) is 4.22. The van der Waals surface area contributed by atoms with Crippen LogP contribution >= 0.6 is 0 Å².